The largest absolute Gasteiger partial charge is 0.399 e. The molecule has 2 aromatic carbocycles. The van der Waals surface area contributed by atoms with Gasteiger partial charge in [-0.3, -0.25) is 0 Å². The predicted molar refractivity (Wildman–Crippen MR) is 75.4 cm³/mol. The van der Waals surface area contributed by atoms with Crippen LogP contribution >= 0.6 is 0 Å². The van der Waals surface area contributed by atoms with E-state index < -0.39 is 0 Å². The fourth-order valence-corrected chi connectivity index (χ4v) is 1.74. The summed E-state index contributed by atoms with van der Waals surface area (Å²) in [6, 6.07) is 13.8. The normalized spacial score (nSPS) is 10.9. The van der Waals surface area contributed by atoms with Crippen LogP contribution in [0.4, 0.5) is 11.4 Å². The molecule has 0 aliphatic rings. The first-order valence-corrected chi connectivity index (χ1v) is 5.54. The molecule has 0 heterocycles. The molecule has 0 saturated carbocycles. The van der Waals surface area contributed by atoms with E-state index in [0.717, 1.165) is 22.5 Å². The molecule has 0 amide bonds. The molecule has 0 bridgehead atoms. The van der Waals surface area contributed by atoms with E-state index in [9.17, 15) is 0 Å². The highest BCUT2D eigenvalue weighted by Crippen LogP contribution is 2.15. The average Bonchev–Trinajstić information content (AvgIpc) is 2.27. The lowest BCUT2D eigenvalue weighted by atomic mass is 10.1. The maximum absolute atomic E-state index is 5.80. The summed E-state index contributed by atoms with van der Waals surface area (Å²) in [6.07, 6.45) is 4.10. The van der Waals surface area contributed by atoms with Crippen molar-refractivity contribution in [3.63, 3.8) is 0 Å². The van der Waals surface area contributed by atoms with Crippen molar-refractivity contribution in [3.05, 3.63) is 59.2 Å². The van der Waals surface area contributed by atoms with E-state index in [4.69, 9.17) is 11.5 Å². The van der Waals surface area contributed by atoms with Gasteiger partial charge in [0.1, 0.15) is 0 Å². The number of hydrogen-bond acceptors (Lipinski definition) is 2. The lowest BCUT2D eigenvalue weighted by Crippen LogP contribution is -1.86. The highest BCUT2D eigenvalue weighted by atomic mass is 14.5. The highest BCUT2D eigenvalue weighted by molar-refractivity contribution is 5.72. The quantitative estimate of drug-likeness (QED) is 0.607. The van der Waals surface area contributed by atoms with Crippen molar-refractivity contribution in [2.75, 3.05) is 11.5 Å². The van der Waals surface area contributed by atoms with Gasteiger partial charge in [0.2, 0.25) is 0 Å². The van der Waals surface area contributed by atoms with Gasteiger partial charge >= 0.3 is 0 Å². The summed E-state index contributed by atoms with van der Waals surface area (Å²) in [5, 5.41) is 0. The second-order valence-corrected chi connectivity index (χ2v) is 4.18. The monoisotopic (exact) mass is 224 g/mol. The molecule has 2 heteroatoms. The van der Waals surface area contributed by atoms with Crippen LogP contribution in [0.3, 0.4) is 0 Å². The molecular formula is C15H16N2. The third kappa shape index (κ3) is 3.11. The van der Waals surface area contributed by atoms with E-state index >= 15 is 0 Å². The zero-order valence-corrected chi connectivity index (χ0v) is 9.85. The van der Waals surface area contributed by atoms with Gasteiger partial charge < -0.3 is 11.5 Å². The van der Waals surface area contributed by atoms with E-state index in [1.54, 1.807) is 0 Å². The highest BCUT2D eigenvalue weighted by Gasteiger charge is 1.93. The Morgan fingerprint density at radius 3 is 2.06 bits per heavy atom. The smallest absolute Gasteiger partial charge is 0.0322 e. The number of benzene rings is 2. The van der Waals surface area contributed by atoms with Gasteiger partial charge in [-0.1, -0.05) is 30.4 Å². The minimum atomic E-state index is 0.780. The minimum Gasteiger partial charge on any atom is -0.399 e. The van der Waals surface area contributed by atoms with Crippen LogP contribution in [0.25, 0.3) is 12.2 Å². The summed E-state index contributed by atoms with van der Waals surface area (Å²) in [6.45, 7) is 2.04. The molecule has 0 fully saturated rings. The summed E-state index contributed by atoms with van der Waals surface area (Å²) in [5.74, 6) is 0. The Morgan fingerprint density at radius 1 is 0.765 bits per heavy atom. The molecule has 2 nitrogen and oxygen atoms in total. The molecule has 0 radical (unpaired) electrons. The third-order valence-electron chi connectivity index (χ3n) is 2.53. The van der Waals surface area contributed by atoms with Crippen LogP contribution in [0.1, 0.15) is 16.7 Å². The molecule has 0 spiro atoms. The van der Waals surface area contributed by atoms with Crippen LogP contribution in [0, 0.1) is 6.92 Å². The first kappa shape index (κ1) is 11.3. The zero-order valence-electron chi connectivity index (χ0n) is 9.85. The second-order valence-electron chi connectivity index (χ2n) is 4.18. The Hall–Kier alpha value is -2.22. The molecule has 4 N–H and O–H groups in total. The van der Waals surface area contributed by atoms with Gasteiger partial charge in [0.25, 0.3) is 0 Å². The van der Waals surface area contributed by atoms with Crippen molar-refractivity contribution in [1.82, 2.24) is 0 Å². The van der Waals surface area contributed by atoms with Gasteiger partial charge in [0.15, 0.2) is 0 Å². The van der Waals surface area contributed by atoms with Gasteiger partial charge in [-0.25, -0.2) is 0 Å². The lowest BCUT2D eigenvalue weighted by Gasteiger charge is -2.00. The topological polar surface area (TPSA) is 52.0 Å². The minimum absolute atomic E-state index is 0.780. The second kappa shape index (κ2) is 4.74. The van der Waals surface area contributed by atoms with Crippen LogP contribution in [0.2, 0.25) is 0 Å². The van der Waals surface area contributed by atoms with Crippen LogP contribution in [0.15, 0.2) is 42.5 Å². The van der Waals surface area contributed by atoms with E-state index in [1.807, 2.05) is 49.4 Å². The third-order valence-corrected chi connectivity index (χ3v) is 2.53. The van der Waals surface area contributed by atoms with Gasteiger partial charge in [0.05, 0.1) is 0 Å². The fourth-order valence-electron chi connectivity index (χ4n) is 1.74. The predicted octanol–water partition coefficient (Wildman–Crippen LogP) is 3.33. The molecule has 86 valence electrons. The number of nitrogen functional groups attached to an aromatic ring is 2. The Morgan fingerprint density at radius 2 is 1.41 bits per heavy atom. The van der Waals surface area contributed by atoms with Crippen LogP contribution in [0.5, 0.6) is 0 Å². The van der Waals surface area contributed by atoms with Crippen molar-refractivity contribution in [2.24, 2.45) is 0 Å². The molecule has 0 atom stereocenters. The summed E-state index contributed by atoms with van der Waals surface area (Å²) in [5.41, 5.74) is 16.4. The lowest BCUT2D eigenvalue weighted by molar-refractivity contribution is 1.46. The first-order chi connectivity index (χ1) is 8.13. The molecule has 2 aromatic rings. The standard InChI is InChI=1S/C15H16N2/c1-11-8-13(10-15(17)9-11)3-2-12-4-6-14(16)7-5-12/h2-10H,16-17H2,1H3/b3-2+. The maximum atomic E-state index is 5.80. The number of anilines is 2. The summed E-state index contributed by atoms with van der Waals surface area (Å²) in [4.78, 5) is 0. The van der Waals surface area contributed by atoms with Gasteiger partial charge in [-0.05, 0) is 47.9 Å². The maximum Gasteiger partial charge on any atom is 0.0322 e. The Bertz CT molecular complexity index is 519. The first-order valence-electron chi connectivity index (χ1n) is 5.54. The van der Waals surface area contributed by atoms with Gasteiger partial charge in [-0.15, -0.1) is 0 Å². The Labute approximate surface area is 102 Å². The number of nitrogens with two attached hydrogens (primary N) is 2. The summed E-state index contributed by atoms with van der Waals surface area (Å²) < 4.78 is 0. The molecule has 0 unspecified atom stereocenters. The van der Waals surface area contributed by atoms with Crippen molar-refractivity contribution in [3.8, 4) is 0 Å². The van der Waals surface area contributed by atoms with Crippen molar-refractivity contribution < 1.29 is 0 Å². The van der Waals surface area contributed by atoms with Gasteiger partial charge in [-0.2, -0.15) is 0 Å². The van der Waals surface area contributed by atoms with E-state index in [2.05, 4.69) is 12.1 Å². The van der Waals surface area contributed by atoms with Crippen LogP contribution in [-0.2, 0) is 0 Å². The molecule has 0 aliphatic carbocycles. The van der Waals surface area contributed by atoms with E-state index in [-0.39, 0.29) is 0 Å². The van der Waals surface area contributed by atoms with Crippen LogP contribution in [-0.4, -0.2) is 0 Å². The molecule has 2 rings (SSSR count). The molecule has 0 saturated heterocycles. The number of aryl methyl sites for hydroxylation is 1. The van der Waals surface area contributed by atoms with Gasteiger partial charge in [0, 0.05) is 11.4 Å². The Kier molecular flexibility index (Phi) is 3.15. The molecule has 17 heavy (non-hydrogen) atoms. The Balaban J connectivity index is 2.22. The molecule has 0 aliphatic heterocycles. The van der Waals surface area contributed by atoms with Crippen molar-refractivity contribution in [2.45, 2.75) is 6.92 Å². The zero-order chi connectivity index (χ0) is 12.3. The summed E-state index contributed by atoms with van der Waals surface area (Å²) >= 11 is 0. The van der Waals surface area contributed by atoms with Crippen molar-refractivity contribution >= 4 is 23.5 Å². The molecular weight excluding hydrogens is 208 g/mol. The summed E-state index contributed by atoms with van der Waals surface area (Å²) in [7, 11) is 0. The number of hydrogen-bond donors (Lipinski definition) is 2. The fraction of sp³-hybridized carbons (Fsp3) is 0.0667. The van der Waals surface area contributed by atoms with Crippen LogP contribution < -0.4 is 11.5 Å². The van der Waals surface area contributed by atoms with E-state index in [0.29, 0.717) is 0 Å². The average molecular weight is 224 g/mol. The number of rotatable bonds is 2. The molecule has 0 aromatic heterocycles. The van der Waals surface area contributed by atoms with Crippen molar-refractivity contribution in [1.29, 1.82) is 0 Å². The van der Waals surface area contributed by atoms with E-state index in [1.165, 1.54) is 5.56 Å². The SMILES string of the molecule is Cc1cc(N)cc(/C=C/c2ccc(N)cc2)c1.